The van der Waals surface area contributed by atoms with Crippen molar-refractivity contribution in [3.05, 3.63) is 65.7 Å². The fourth-order valence-electron chi connectivity index (χ4n) is 2.63. The summed E-state index contributed by atoms with van der Waals surface area (Å²) >= 11 is 4.93. The number of sulfonamides is 1. The third-order valence-corrected chi connectivity index (χ3v) is 6.04. The molecule has 2 aromatic carbocycles. The van der Waals surface area contributed by atoms with E-state index in [1.54, 1.807) is 18.2 Å². The van der Waals surface area contributed by atoms with Crippen LogP contribution in [-0.4, -0.2) is 53.4 Å². The van der Waals surface area contributed by atoms with Gasteiger partial charge >= 0.3 is 0 Å². The Hall–Kier alpha value is -2.95. The van der Waals surface area contributed by atoms with Crippen LogP contribution in [0.25, 0.3) is 6.08 Å². The molecule has 2 aromatic rings. The predicted molar refractivity (Wildman–Crippen MR) is 128 cm³/mol. The third kappa shape index (κ3) is 8.29. The molecule has 0 aliphatic carbocycles. The van der Waals surface area contributed by atoms with E-state index in [1.165, 1.54) is 26.3 Å². The van der Waals surface area contributed by atoms with Gasteiger partial charge in [-0.05, 0) is 48.0 Å². The van der Waals surface area contributed by atoms with Gasteiger partial charge in [0.1, 0.15) is 17.3 Å². The van der Waals surface area contributed by atoms with E-state index in [-0.39, 0.29) is 28.3 Å². The van der Waals surface area contributed by atoms with Gasteiger partial charge in [-0.3, -0.25) is 9.52 Å². The van der Waals surface area contributed by atoms with Gasteiger partial charge in [0.25, 0.3) is 10.0 Å². The molecule has 0 aliphatic heterocycles. The Morgan fingerprint density at radius 3 is 2.56 bits per heavy atom. The van der Waals surface area contributed by atoms with Gasteiger partial charge in [-0.25, -0.2) is 8.42 Å². The van der Waals surface area contributed by atoms with E-state index in [4.69, 9.17) is 21.7 Å². The topological polar surface area (TPSA) is 106 Å². The summed E-state index contributed by atoms with van der Waals surface area (Å²) in [6.07, 6.45) is 3.62. The number of thiocarbonyl (C=S) groups is 1. The van der Waals surface area contributed by atoms with Crippen molar-refractivity contribution < 1.29 is 22.7 Å². The molecule has 0 aliphatic rings. The highest BCUT2D eigenvalue weighted by atomic mass is 32.2. The van der Waals surface area contributed by atoms with Crippen molar-refractivity contribution in [3.63, 3.8) is 0 Å². The van der Waals surface area contributed by atoms with Crippen LogP contribution in [0.2, 0.25) is 0 Å². The Balaban J connectivity index is 2.07. The van der Waals surface area contributed by atoms with Crippen LogP contribution in [0.1, 0.15) is 11.1 Å². The molecular formula is C22H27N3O5S2. The second-order valence-corrected chi connectivity index (χ2v) is 8.65. The van der Waals surface area contributed by atoms with Gasteiger partial charge < -0.3 is 20.1 Å². The molecule has 1 amide bonds. The maximum absolute atomic E-state index is 12.8. The number of carbonyl (C=O) groups is 1. The molecular weight excluding hydrogens is 450 g/mol. The lowest BCUT2D eigenvalue weighted by molar-refractivity contribution is -0.116. The van der Waals surface area contributed by atoms with E-state index in [9.17, 15) is 13.2 Å². The summed E-state index contributed by atoms with van der Waals surface area (Å²) in [7, 11) is -0.912. The van der Waals surface area contributed by atoms with Crippen molar-refractivity contribution in [2.45, 2.75) is 11.3 Å². The highest BCUT2D eigenvalue weighted by Gasteiger charge is 2.21. The maximum Gasteiger partial charge on any atom is 0.267 e. The number of benzene rings is 2. The Morgan fingerprint density at radius 1 is 1.12 bits per heavy atom. The lowest BCUT2D eigenvalue weighted by Gasteiger charge is -2.15. The molecule has 0 atom stereocenters. The minimum absolute atomic E-state index is 0.0317. The molecule has 3 N–H and O–H groups in total. The predicted octanol–water partition coefficient (Wildman–Crippen LogP) is 1.87. The normalized spacial score (nSPS) is 11.2. The van der Waals surface area contributed by atoms with Gasteiger partial charge in [0.2, 0.25) is 5.91 Å². The number of amides is 1. The lowest BCUT2D eigenvalue weighted by atomic mass is 10.1. The number of hydrogen-bond acceptors (Lipinski definition) is 6. The maximum atomic E-state index is 12.8. The molecule has 0 radical (unpaired) electrons. The Bertz CT molecular complexity index is 1040. The van der Waals surface area contributed by atoms with Crippen molar-refractivity contribution in [1.82, 2.24) is 15.4 Å². The minimum atomic E-state index is -3.96. The van der Waals surface area contributed by atoms with Crippen LogP contribution >= 0.6 is 12.2 Å². The van der Waals surface area contributed by atoms with Gasteiger partial charge in [-0.15, -0.1) is 0 Å². The summed E-state index contributed by atoms with van der Waals surface area (Å²) in [5.74, 6) is -0.0470. The summed E-state index contributed by atoms with van der Waals surface area (Å²) in [5.41, 5.74) is 1.64. The summed E-state index contributed by atoms with van der Waals surface area (Å²) in [5, 5.41) is 5.33. The van der Waals surface area contributed by atoms with Crippen molar-refractivity contribution in [1.29, 1.82) is 0 Å². The first-order valence-corrected chi connectivity index (χ1v) is 11.7. The molecule has 172 valence electrons. The number of methoxy groups -OCH3 is 1. The van der Waals surface area contributed by atoms with Gasteiger partial charge in [-0.1, -0.05) is 36.4 Å². The molecule has 0 unspecified atom stereocenters. The zero-order chi connectivity index (χ0) is 23.4. The van der Waals surface area contributed by atoms with E-state index in [1.807, 2.05) is 30.3 Å². The summed E-state index contributed by atoms with van der Waals surface area (Å²) in [4.78, 5) is 12.0. The van der Waals surface area contributed by atoms with Gasteiger partial charge in [0.15, 0.2) is 5.11 Å². The molecule has 32 heavy (non-hydrogen) atoms. The van der Waals surface area contributed by atoms with Crippen molar-refractivity contribution in [3.8, 4) is 5.75 Å². The van der Waals surface area contributed by atoms with Crippen LogP contribution in [0.15, 0.2) is 59.5 Å². The summed E-state index contributed by atoms with van der Waals surface area (Å²) < 4.78 is 38.4. The lowest BCUT2D eigenvalue weighted by Crippen LogP contribution is -2.37. The average molecular weight is 478 g/mol. The number of hydrogen-bond donors (Lipinski definition) is 3. The smallest absolute Gasteiger partial charge is 0.267 e. The fourth-order valence-corrected chi connectivity index (χ4v) is 4.11. The molecule has 0 aromatic heterocycles. The minimum Gasteiger partial charge on any atom is -0.490 e. The number of ether oxygens (including phenoxy) is 2. The number of carbonyl (C=O) groups excluding carboxylic acids is 1. The van der Waals surface area contributed by atoms with Crippen LogP contribution < -0.4 is 20.1 Å². The first kappa shape index (κ1) is 25.3. The van der Waals surface area contributed by atoms with Crippen molar-refractivity contribution in [2.24, 2.45) is 0 Å². The second-order valence-electron chi connectivity index (χ2n) is 6.59. The van der Waals surface area contributed by atoms with E-state index in [2.05, 4.69) is 15.4 Å². The molecule has 0 bridgehead atoms. The first-order valence-electron chi connectivity index (χ1n) is 9.86. The highest BCUT2D eigenvalue weighted by molar-refractivity contribution is 7.92. The molecule has 0 heterocycles. The SMILES string of the molecule is CNC(=S)NS(=O)(=O)c1cc(CCNC(=O)/C=C/c2ccccc2)ccc1OCCOC. The molecule has 8 nitrogen and oxygen atoms in total. The Morgan fingerprint density at radius 2 is 1.88 bits per heavy atom. The number of nitrogens with one attached hydrogen (secondary N) is 3. The van der Waals surface area contributed by atoms with Crippen LogP contribution in [-0.2, 0) is 26.0 Å². The summed E-state index contributed by atoms with van der Waals surface area (Å²) in [6.45, 7) is 0.842. The van der Waals surface area contributed by atoms with Crippen molar-refractivity contribution in [2.75, 3.05) is 33.9 Å². The molecule has 0 spiro atoms. The summed E-state index contributed by atoms with van der Waals surface area (Å²) in [6, 6.07) is 14.3. The zero-order valence-electron chi connectivity index (χ0n) is 18.0. The van der Waals surface area contributed by atoms with Gasteiger partial charge in [0, 0.05) is 26.8 Å². The zero-order valence-corrected chi connectivity index (χ0v) is 19.6. The van der Waals surface area contributed by atoms with Gasteiger partial charge in [0.05, 0.1) is 6.61 Å². The van der Waals surface area contributed by atoms with Crippen molar-refractivity contribution >= 4 is 39.3 Å². The molecule has 2 rings (SSSR count). The fraction of sp³-hybridized carbons (Fsp3) is 0.273. The van der Waals surface area contributed by atoms with Gasteiger partial charge in [-0.2, -0.15) is 0 Å². The molecule has 0 fully saturated rings. The van der Waals surface area contributed by atoms with E-state index in [0.717, 1.165) is 5.56 Å². The number of rotatable bonds is 11. The van der Waals surface area contributed by atoms with Crippen LogP contribution in [0.3, 0.4) is 0 Å². The van der Waals surface area contributed by atoms with E-state index >= 15 is 0 Å². The molecule has 10 heteroatoms. The first-order chi connectivity index (χ1) is 15.4. The van der Waals surface area contributed by atoms with E-state index in [0.29, 0.717) is 25.1 Å². The highest BCUT2D eigenvalue weighted by Crippen LogP contribution is 2.25. The Labute approximate surface area is 194 Å². The van der Waals surface area contributed by atoms with Crippen LogP contribution in [0.4, 0.5) is 0 Å². The molecule has 0 saturated carbocycles. The standard InChI is InChI=1S/C22H27N3O5S2/c1-23-22(31)25-32(27,28)20-16-18(8-10-19(20)30-15-14-29-2)12-13-24-21(26)11-9-17-6-4-3-5-7-17/h3-11,16H,12-15H2,1-2H3,(H,24,26)(H2,23,25,31)/b11-9+. The molecule has 0 saturated heterocycles. The van der Waals surface area contributed by atoms with Crippen LogP contribution in [0, 0.1) is 0 Å². The Kier molecular flexibility index (Phi) is 10.1. The van der Waals surface area contributed by atoms with Crippen LogP contribution in [0.5, 0.6) is 5.75 Å². The van der Waals surface area contributed by atoms with E-state index < -0.39 is 10.0 Å². The second kappa shape index (κ2) is 12.8. The third-order valence-electron chi connectivity index (χ3n) is 4.24. The average Bonchev–Trinajstić information content (AvgIpc) is 2.79. The quantitative estimate of drug-likeness (QED) is 0.258. The monoisotopic (exact) mass is 477 g/mol. The largest absolute Gasteiger partial charge is 0.490 e.